The van der Waals surface area contributed by atoms with E-state index in [2.05, 4.69) is 10.1 Å². The molecule has 0 spiro atoms. The summed E-state index contributed by atoms with van der Waals surface area (Å²) in [5, 5.41) is 3.18. The second-order valence-electron chi connectivity index (χ2n) is 4.01. The molecule has 16 heavy (non-hydrogen) atoms. The Bertz CT molecular complexity index is 402. The van der Waals surface area contributed by atoms with Crippen LogP contribution in [0.15, 0.2) is 18.2 Å². The minimum Gasteiger partial charge on any atom is -0.465 e. The van der Waals surface area contributed by atoms with Gasteiger partial charge in [0.25, 0.3) is 0 Å². The van der Waals surface area contributed by atoms with Crippen LogP contribution in [0.5, 0.6) is 0 Å². The van der Waals surface area contributed by atoms with Crippen molar-refractivity contribution in [1.82, 2.24) is 0 Å². The monoisotopic (exact) mass is 223 g/mol. The van der Waals surface area contributed by atoms with E-state index in [0.29, 0.717) is 0 Å². The van der Waals surface area contributed by atoms with E-state index in [4.69, 9.17) is 0 Å². The Balaban J connectivity index is 2.10. The fourth-order valence-electron chi connectivity index (χ4n) is 1.49. The second kappa shape index (κ2) is 4.51. The zero-order valence-corrected chi connectivity index (χ0v) is 9.13. The predicted molar refractivity (Wildman–Crippen MR) is 59.0 cm³/mol. The first-order chi connectivity index (χ1) is 7.70. The zero-order chi connectivity index (χ0) is 11.5. The van der Waals surface area contributed by atoms with Gasteiger partial charge in [-0.05, 0) is 37.0 Å². The highest BCUT2D eigenvalue weighted by Crippen LogP contribution is 2.29. The number of carbonyl (C=O) groups is 1. The summed E-state index contributed by atoms with van der Waals surface area (Å²) in [6, 6.07) is 4.40. The number of esters is 1. The number of rotatable bonds is 4. The molecule has 86 valence electrons. The average Bonchev–Trinajstić information content (AvgIpc) is 3.11. The third-order valence-electron chi connectivity index (χ3n) is 2.66. The minimum atomic E-state index is -0.646. The molecular formula is C12H14FNO2. The molecule has 1 aromatic rings. The van der Waals surface area contributed by atoms with Crippen LogP contribution in [-0.2, 0) is 4.74 Å². The Labute approximate surface area is 93.6 Å². The highest BCUT2D eigenvalue weighted by molar-refractivity contribution is 5.90. The third kappa shape index (κ3) is 2.51. The van der Waals surface area contributed by atoms with Gasteiger partial charge in [-0.1, -0.05) is 0 Å². The summed E-state index contributed by atoms with van der Waals surface area (Å²) >= 11 is 0. The molecule has 0 amide bonds. The number of anilines is 1. The number of nitrogens with one attached hydrogen (secondary N) is 1. The average molecular weight is 223 g/mol. The zero-order valence-electron chi connectivity index (χ0n) is 9.13. The summed E-state index contributed by atoms with van der Waals surface area (Å²) in [4.78, 5) is 11.2. The van der Waals surface area contributed by atoms with Gasteiger partial charge in [-0.25, -0.2) is 9.18 Å². The van der Waals surface area contributed by atoms with E-state index in [-0.39, 0.29) is 5.56 Å². The molecule has 0 aliphatic heterocycles. The molecule has 0 heterocycles. The molecule has 1 aromatic carbocycles. The lowest BCUT2D eigenvalue weighted by atomic mass is 10.2. The molecule has 0 unspecified atom stereocenters. The number of hydrogen-bond donors (Lipinski definition) is 1. The number of hydrogen-bond acceptors (Lipinski definition) is 3. The van der Waals surface area contributed by atoms with Crippen LogP contribution in [0.2, 0.25) is 0 Å². The molecular weight excluding hydrogens is 209 g/mol. The molecule has 0 aromatic heterocycles. The van der Waals surface area contributed by atoms with Crippen molar-refractivity contribution in [3.8, 4) is 0 Å². The lowest BCUT2D eigenvalue weighted by Crippen LogP contribution is -2.08. The number of halogens is 1. The lowest BCUT2D eigenvalue weighted by Gasteiger charge is -2.07. The number of benzene rings is 1. The van der Waals surface area contributed by atoms with E-state index in [1.54, 1.807) is 6.07 Å². The Morgan fingerprint density at radius 1 is 1.56 bits per heavy atom. The summed E-state index contributed by atoms with van der Waals surface area (Å²) in [6.45, 7) is 0.881. The maximum absolute atomic E-state index is 13.3. The summed E-state index contributed by atoms with van der Waals surface area (Å²) < 4.78 is 17.8. The third-order valence-corrected chi connectivity index (χ3v) is 2.66. The minimum absolute atomic E-state index is 0.0247. The van der Waals surface area contributed by atoms with Crippen molar-refractivity contribution in [3.05, 3.63) is 29.6 Å². The van der Waals surface area contributed by atoms with Crippen molar-refractivity contribution in [2.24, 2.45) is 5.92 Å². The Hall–Kier alpha value is -1.58. The van der Waals surface area contributed by atoms with Gasteiger partial charge in [0.15, 0.2) is 0 Å². The van der Waals surface area contributed by atoms with E-state index in [1.165, 1.54) is 32.1 Å². The highest BCUT2D eigenvalue weighted by Gasteiger charge is 2.21. The Morgan fingerprint density at radius 2 is 2.31 bits per heavy atom. The molecule has 0 radical (unpaired) electrons. The van der Waals surface area contributed by atoms with Gasteiger partial charge in [-0.2, -0.15) is 0 Å². The fraction of sp³-hybridized carbons (Fsp3) is 0.417. The van der Waals surface area contributed by atoms with Gasteiger partial charge in [-0.3, -0.25) is 0 Å². The topological polar surface area (TPSA) is 38.3 Å². The molecule has 1 saturated carbocycles. The summed E-state index contributed by atoms with van der Waals surface area (Å²) in [6.07, 6.45) is 2.50. The van der Waals surface area contributed by atoms with Gasteiger partial charge >= 0.3 is 5.97 Å². The molecule has 0 bridgehead atoms. The molecule has 1 N–H and O–H groups in total. The maximum Gasteiger partial charge on any atom is 0.340 e. The standard InChI is InChI=1S/C12H14FNO2/c1-16-12(15)10-6-9(4-5-11(10)13)14-7-8-2-3-8/h4-6,8,14H,2-3,7H2,1H3. The van der Waals surface area contributed by atoms with Crippen LogP contribution < -0.4 is 5.32 Å². The van der Waals surface area contributed by atoms with E-state index >= 15 is 0 Å². The largest absolute Gasteiger partial charge is 0.465 e. The first-order valence-corrected chi connectivity index (χ1v) is 5.32. The Kier molecular flexibility index (Phi) is 3.08. The van der Waals surface area contributed by atoms with Crippen LogP contribution in [0, 0.1) is 11.7 Å². The van der Waals surface area contributed by atoms with Crippen molar-refractivity contribution in [2.75, 3.05) is 19.0 Å². The molecule has 1 aliphatic carbocycles. The van der Waals surface area contributed by atoms with Crippen LogP contribution in [0.25, 0.3) is 0 Å². The number of ether oxygens (including phenoxy) is 1. The summed E-state index contributed by atoms with van der Waals surface area (Å²) in [5.41, 5.74) is 0.733. The van der Waals surface area contributed by atoms with E-state index in [9.17, 15) is 9.18 Å². The van der Waals surface area contributed by atoms with Gasteiger partial charge in [0.05, 0.1) is 12.7 Å². The number of carbonyl (C=O) groups excluding carboxylic acids is 1. The van der Waals surface area contributed by atoms with Crippen LogP contribution >= 0.6 is 0 Å². The second-order valence-corrected chi connectivity index (χ2v) is 4.01. The van der Waals surface area contributed by atoms with Gasteiger partial charge in [-0.15, -0.1) is 0 Å². The maximum atomic E-state index is 13.3. The van der Waals surface area contributed by atoms with Gasteiger partial charge < -0.3 is 10.1 Å². The molecule has 0 atom stereocenters. The van der Waals surface area contributed by atoms with Crippen LogP contribution in [0.1, 0.15) is 23.2 Å². The molecule has 0 saturated heterocycles. The lowest BCUT2D eigenvalue weighted by molar-refractivity contribution is 0.0595. The van der Waals surface area contributed by atoms with Crippen LogP contribution in [0.3, 0.4) is 0 Å². The van der Waals surface area contributed by atoms with E-state index < -0.39 is 11.8 Å². The molecule has 1 fully saturated rings. The van der Waals surface area contributed by atoms with Crippen molar-refractivity contribution < 1.29 is 13.9 Å². The molecule has 3 nitrogen and oxygen atoms in total. The van der Waals surface area contributed by atoms with Crippen LogP contribution in [0.4, 0.5) is 10.1 Å². The first-order valence-electron chi connectivity index (χ1n) is 5.32. The highest BCUT2D eigenvalue weighted by atomic mass is 19.1. The van der Waals surface area contributed by atoms with E-state index in [1.807, 2.05) is 0 Å². The number of methoxy groups -OCH3 is 1. The van der Waals surface area contributed by atoms with Gasteiger partial charge in [0.2, 0.25) is 0 Å². The fourth-order valence-corrected chi connectivity index (χ4v) is 1.49. The molecule has 1 aliphatic rings. The quantitative estimate of drug-likeness (QED) is 0.797. The SMILES string of the molecule is COC(=O)c1cc(NCC2CC2)ccc1F. The summed E-state index contributed by atoms with van der Waals surface area (Å²) in [5.74, 6) is -0.469. The van der Waals surface area contributed by atoms with Crippen molar-refractivity contribution in [2.45, 2.75) is 12.8 Å². The normalized spacial score (nSPS) is 14.6. The predicted octanol–water partition coefficient (Wildman–Crippen LogP) is 2.43. The van der Waals surface area contributed by atoms with Gasteiger partial charge in [0, 0.05) is 12.2 Å². The smallest absolute Gasteiger partial charge is 0.340 e. The molecule has 2 rings (SSSR count). The molecule has 4 heteroatoms. The van der Waals surface area contributed by atoms with E-state index in [0.717, 1.165) is 18.2 Å². The van der Waals surface area contributed by atoms with Gasteiger partial charge in [0.1, 0.15) is 5.82 Å². The summed E-state index contributed by atoms with van der Waals surface area (Å²) in [7, 11) is 1.24. The first kappa shape index (κ1) is 10.9. The van der Waals surface area contributed by atoms with Crippen molar-refractivity contribution >= 4 is 11.7 Å². The Morgan fingerprint density at radius 3 is 2.94 bits per heavy atom. The van der Waals surface area contributed by atoms with Crippen molar-refractivity contribution in [1.29, 1.82) is 0 Å². The van der Waals surface area contributed by atoms with Crippen molar-refractivity contribution in [3.63, 3.8) is 0 Å². The van der Waals surface area contributed by atoms with Crippen LogP contribution in [-0.4, -0.2) is 19.6 Å².